The monoisotopic (exact) mass is 432 g/mol. The largest absolute Gasteiger partial charge is 0.493 e. The van der Waals surface area contributed by atoms with Gasteiger partial charge >= 0.3 is 6.03 Å². The molecule has 1 N–H and O–H groups in total. The van der Waals surface area contributed by atoms with Gasteiger partial charge in [0, 0.05) is 5.56 Å². The van der Waals surface area contributed by atoms with Crippen LogP contribution in [0.2, 0.25) is 0 Å². The highest BCUT2D eigenvalue weighted by Gasteiger charge is 2.34. The van der Waals surface area contributed by atoms with Crippen LogP contribution in [0.3, 0.4) is 0 Å². The lowest BCUT2D eigenvalue weighted by molar-refractivity contribution is -0.123. The predicted molar refractivity (Wildman–Crippen MR) is 117 cm³/mol. The van der Waals surface area contributed by atoms with Gasteiger partial charge in [-0.3, -0.25) is 9.69 Å². The number of hydrogen-bond acceptors (Lipinski definition) is 4. The number of methoxy groups -OCH3 is 1. The first-order valence-corrected chi connectivity index (χ1v) is 9.98. The average Bonchev–Trinajstić information content (AvgIpc) is 3.07. The van der Waals surface area contributed by atoms with Crippen molar-refractivity contribution in [2.75, 3.05) is 7.11 Å². The maximum atomic E-state index is 13.9. The Bertz CT molecular complexity index is 1180. The van der Waals surface area contributed by atoms with Gasteiger partial charge in [-0.15, -0.1) is 0 Å². The molecule has 32 heavy (non-hydrogen) atoms. The van der Waals surface area contributed by atoms with E-state index in [1.54, 1.807) is 36.4 Å². The highest BCUT2D eigenvalue weighted by Crippen LogP contribution is 2.30. The first kappa shape index (κ1) is 21.1. The van der Waals surface area contributed by atoms with Gasteiger partial charge in [-0.2, -0.15) is 0 Å². The highest BCUT2D eigenvalue weighted by molar-refractivity contribution is 6.13. The van der Waals surface area contributed by atoms with Crippen molar-refractivity contribution in [2.45, 2.75) is 13.2 Å². The van der Waals surface area contributed by atoms with Crippen LogP contribution in [0.1, 0.15) is 16.7 Å². The lowest BCUT2D eigenvalue weighted by Crippen LogP contribution is -2.30. The van der Waals surface area contributed by atoms with Crippen LogP contribution in [0.15, 0.2) is 78.5 Å². The van der Waals surface area contributed by atoms with Crippen LogP contribution in [0, 0.1) is 5.82 Å². The zero-order valence-electron chi connectivity index (χ0n) is 17.4. The molecule has 0 atom stereocenters. The zero-order chi connectivity index (χ0) is 22.5. The van der Waals surface area contributed by atoms with Gasteiger partial charge in [-0.1, -0.05) is 54.6 Å². The minimum absolute atomic E-state index is 0.103. The molecule has 3 aromatic carbocycles. The molecule has 3 amide bonds. The molecule has 1 aliphatic heterocycles. The fraction of sp³-hybridized carbons (Fsp3) is 0.120. The van der Waals surface area contributed by atoms with Gasteiger partial charge in [-0.05, 0) is 35.4 Å². The third kappa shape index (κ3) is 4.62. The summed E-state index contributed by atoms with van der Waals surface area (Å²) in [7, 11) is 1.53. The molecule has 1 saturated heterocycles. The quantitative estimate of drug-likeness (QED) is 0.441. The number of amides is 3. The Morgan fingerprint density at radius 1 is 0.969 bits per heavy atom. The molecule has 0 spiro atoms. The van der Waals surface area contributed by atoms with E-state index in [1.165, 1.54) is 19.2 Å². The lowest BCUT2D eigenvalue weighted by atomic mass is 10.1. The number of nitrogens with zero attached hydrogens (tertiary/aromatic N) is 1. The zero-order valence-corrected chi connectivity index (χ0v) is 17.4. The molecule has 4 rings (SSSR count). The van der Waals surface area contributed by atoms with Crippen LogP contribution in [0.5, 0.6) is 11.5 Å². The van der Waals surface area contributed by atoms with Crippen LogP contribution in [-0.2, 0) is 17.9 Å². The minimum atomic E-state index is -0.598. The standard InChI is InChI=1S/C25H21FN2O4/c1-31-23-14-18(11-12-22(23)32-16-17-7-3-2-4-8-17)13-21-24(29)28(25(30)27-21)15-19-9-5-6-10-20(19)26/h2-14H,15-16H2,1H3,(H,27,30)/b21-13+. The number of rotatable bonds is 7. The second-order valence-electron chi connectivity index (χ2n) is 7.16. The molecule has 6 nitrogen and oxygen atoms in total. The SMILES string of the molecule is COc1cc(/C=C2/NC(=O)N(Cc3ccccc3F)C2=O)ccc1OCc1ccccc1. The van der Waals surface area contributed by atoms with Gasteiger partial charge in [0.2, 0.25) is 0 Å². The van der Waals surface area contributed by atoms with Gasteiger partial charge in [0.25, 0.3) is 5.91 Å². The summed E-state index contributed by atoms with van der Waals surface area (Å²) in [5, 5.41) is 2.54. The van der Waals surface area contributed by atoms with E-state index in [9.17, 15) is 14.0 Å². The average molecular weight is 432 g/mol. The van der Waals surface area contributed by atoms with Crippen LogP contribution < -0.4 is 14.8 Å². The molecule has 0 bridgehead atoms. The van der Waals surface area contributed by atoms with Crippen LogP contribution in [-0.4, -0.2) is 23.9 Å². The molecule has 1 fully saturated rings. The van der Waals surface area contributed by atoms with Crippen LogP contribution in [0.4, 0.5) is 9.18 Å². The van der Waals surface area contributed by atoms with E-state index in [4.69, 9.17) is 9.47 Å². The third-order valence-corrected chi connectivity index (χ3v) is 4.98. The molecule has 0 saturated carbocycles. The Morgan fingerprint density at radius 2 is 1.72 bits per heavy atom. The van der Waals surface area contributed by atoms with Gasteiger partial charge in [-0.25, -0.2) is 9.18 Å². The van der Waals surface area contributed by atoms with E-state index in [0.29, 0.717) is 23.7 Å². The summed E-state index contributed by atoms with van der Waals surface area (Å²) < 4.78 is 25.2. The number of urea groups is 1. The Kier molecular flexibility index (Phi) is 6.17. The molecule has 1 aliphatic rings. The van der Waals surface area contributed by atoms with Crippen molar-refractivity contribution in [1.82, 2.24) is 10.2 Å². The number of benzene rings is 3. The number of carbonyl (C=O) groups is 2. The smallest absolute Gasteiger partial charge is 0.329 e. The molecule has 162 valence electrons. The van der Waals surface area contributed by atoms with Crippen molar-refractivity contribution >= 4 is 18.0 Å². The van der Waals surface area contributed by atoms with Gasteiger partial charge in [0.1, 0.15) is 18.1 Å². The number of carbonyl (C=O) groups excluding carboxylic acids is 2. The second kappa shape index (κ2) is 9.34. The summed E-state index contributed by atoms with van der Waals surface area (Å²) >= 11 is 0. The Balaban J connectivity index is 1.50. The van der Waals surface area contributed by atoms with Gasteiger partial charge < -0.3 is 14.8 Å². The Labute approximate surface area is 184 Å². The third-order valence-electron chi connectivity index (χ3n) is 4.98. The van der Waals surface area contributed by atoms with Crippen molar-refractivity contribution in [3.63, 3.8) is 0 Å². The predicted octanol–water partition coefficient (Wildman–Crippen LogP) is 4.51. The number of imide groups is 1. The fourth-order valence-electron chi connectivity index (χ4n) is 3.31. The van der Waals surface area contributed by atoms with Crippen molar-refractivity contribution in [3.8, 4) is 11.5 Å². The maximum absolute atomic E-state index is 13.9. The van der Waals surface area contributed by atoms with E-state index in [2.05, 4.69) is 5.32 Å². The Morgan fingerprint density at radius 3 is 2.47 bits per heavy atom. The topological polar surface area (TPSA) is 67.9 Å². The molecule has 0 radical (unpaired) electrons. The fourth-order valence-corrected chi connectivity index (χ4v) is 3.31. The van der Waals surface area contributed by atoms with E-state index < -0.39 is 17.8 Å². The van der Waals surface area contributed by atoms with Crippen molar-refractivity contribution < 1.29 is 23.5 Å². The van der Waals surface area contributed by atoms with E-state index in [1.807, 2.05) is 30.3 Å². The molecule has 3 aromatic rings. The van der Waals surface area contributed by atoms with Crippen molar-refractivity contribution in [2.24, 2.45) is 0 Å². The second-order valence-corrected chi connectivity index (χ2v) is 7.16. The molecule has 7 heteroatoms. The summed E-state index contributed by atoms with van der Waals surface area (Å²) in [5.74, 6) is 0.0553. The molecule has 0 aromatic heterocycles. The molecule has 0 unspecified atom stereocenters. The summed E-state index contributed by atoms with van der Waals surface area (Å²) in [6.07, 6.45) is 1.55. The van der Waals surface area contributed by atoms with Crippen LogP contribution >= 0.6 is 0 Å². The molecular weight excluding hydrogens is 411 g/mol. The van der Waals surface area contributed by atoms with E-state index >= 15 is 0 Å². The number of ether oxygens (including phenoxy) is 2. The normalized spacial score (nSPS) is 14.6. The molecular formula is C25H21FN2O4. The summed E-state index contributed by atoms with van der Waals surface area (Å²) in [6, 6.07) is 20.4. The summed E-state index contributed by atoms with van der Waals surface area (Å²) in [5.41, 5.74) is 2.03. The first-order valence-electron chi connectivity index (χ1n) is 9.98. The maximum Gasteiger partial charge on any atom is 0.329 e. The van der Waals surface area contributed by atoms with Crippen LogP contribution in [0.25, 0.3) is 6.08 Å². The minimum Gasteiger partial charge on any atom is -0.493 e. The highest BCUT2D eigenvalue weighted by atomic mass is 19.1. The van der Waals surface area contributed by atoms with Gasteiger partial charge in [0.15, 0.2) is 11.5 Å². The number of nitrogens with one attached hydrogen (secondary N) is 1. The first-order chi connectivity index (χ1) is 15.5. The number of halogens is 1. The Hall–Kier alpha value is -4.13. The number of hydrogen-bond donors (Lipinski definition) is 1. The van der Waals surface area contributed by atoms with Gasteiger partial charge in [0.05, 0.1) is 13.7 Å². The summed E-state index contributed by atoms with van der Waals surface area (Å²) in [4.78, 5) is 26.0. The van der Waals surface area contributed by atoms with E-state index in [-0.39, 0.29) is 17.8 Å². The van der Waals surface area contributed by atoms with Crippen molar-refractivity contribution in [3.05, 3.63) is 101 Å². The van der Waals surface area contributed by atoms with Crippen molar-refractivity contribution in [1.29, 1.82) is 0 Å². The summed E-state index contributed by atoms with van der Waals surface area (Å²) in [6.45, 7) is 0.238. The molecule has 0 aliphatic carbocycles. The lowest BCUT2D eigenvalue weighted by Gasteiger charge is -2.12. The molecule has 1 heterocycles. The van der Waals surface area contributed by atoms with E-state index in [0.717, 1.165) is 10.5 Å².